The van der Waals surface area contributed by atoms with Crippen molar-refractivity contribution in [2.24, 2.45) is 5.73 Å². The molecule has 2 heterocycles. The zero-order valence-corrected chi connectivity index (χ0v) is 11.2. The maximum absolute atomic E-state index is 6.33. The van der Waals surface area contributed by atoms with E-state index in [2.05, 4.69) is 20.3 Å². The van der Waals surface area contributed by atoms with Crippen LogP contribution in [0.3, 0.4) is 0 Å². The summed E-state index contributed by atoms with van der Waals surface area (Å²) in [5.41, 5.74) is 8.33. The van der Waals surface area contributed by atoms with Gasteiger partial charge in [0.1, 0.15) is 0 Å². The van der Waals surface area contributed by atoms with E-state index in [-0.39, 0.29) is 0 Å². The van der Waals surface area contributed by atoms with Gasteiger partial charge < -0.3 is 10.3 Å². The molecule has 0 spiro atoms. The van der Waals surface area contributed by atoms with E-state index in [9.17, 15) is 0 Å². The summed E-state index contributed by atoms with van der Waals surface area (Å²) in [4.78, 5) is 4.47. The average Bonchev–Trinajstić information content (AvgIpc) is 3.02. The molecule has 6 heteroatoms. The van der Waals surface area contributed by atoms with Crippen LogP contribution in [0.1, 0.15) is 42.9 Å². The van der Waals surface area contributed by atoms with Crippen LogP contribution in [0.2, 0.25) is 0 Å². The Morgan fingerprint density at radius 1 is 1.21 bits per heavy atom. The number of aromatic nitrogens is 4. The highest BCUT2D eigenvalue weighted by Gasteiger charge is 2.36. The van der Waals surface area contributed by atoms with Crippen molar-refractivity contribution in [1.29, 1.82) is 0 Å². The highest BCUT2D eigenvalue weighted by molar-refractivity contribution is 5.55. The fourth-order valence-corrected chi connectivity index (χ4v) is 2.53. The normalized spacial score (nSPS) is 17.8. The van der Waals surface area contributed by atoms with E-state index < -0.39 is 5.54 Å². The van der Waals surface area contributed by atoms with Crippen LogP contribution < -0.4 is 5.73 Å². The molecule has 6 nitrogen and oxygen atoms in total. The molecule has 0 radical (unpaired) electrons. The van der Waals surface area contributed by atoms with Crippen molar-refractivity contribution in [3.05, 3.63) is 23.3 Å². The second-order valence-corrected chi connectivity index (χ2v) is 5.27. The SMILES string of the molecule is Cc1cc(-c2nc(C3(N)CCCC3)no2)c(C)nn1. The number of nitrogens with two attached hydrogens (primary N) is 1. The first-order chi connectivity index (χ1) is 9.08. The molecule has 100 valence electrons. The van der Waals surface area contributed by atoms with Gasteiger partial charge in [-0.05, 0) is 32.8 Å². The molecule has 0 aromatic carbocycles. The summed E-state index contributed by atoms with van der Waals surface area (Å²) in [7, 11) is 0. The van der Waals surface area contributed by atoms with E-state index in [0.29, 0.717) is 11.7 Å². The van der Waals surface area contributed by atoms with Gasteiger partial charge in [0.2, 0.25) is 0 Å². The Labute approximate surface area is 111 Å². The quantitative estimate of drug-likeness (QED) is 0.885. The van der Waals surface area contributed by atoms with Crippen molar-refractivity contribution in [1.82, 2.24) is 20.3 Å². The van der Waals surface area contributed by atoms with E-state index >= 15 is 0 Å². The smallest absolute Gasteiger partial charge is 0.259 e. The van der Waals surface area contributed by atoms with Crippen LogP contribution >= 0.6 is 0 Å². The Balaban J connectivity index is 1.99. The predicted octanol–water partition coefficient (Wildman–Crippen LogP) is 1.87. The minimum absolute atomic E-state index is 0.425. The van der Waals surface area contributed by atoms with Gasteiger partial charge in [0.05, 0.1) is 22.5 Å². The number of rotatable bonds is 2. The molecular formula is C13H17N5O. The third-order valence-corrected chi connectivity index (χ3v) is 3.70. The van der Waals surface area contributed by atoms with E-state index in [1.54, 1.807) is 0 Å². The maximum atomic E-state index is 6.33. The lowest BCUT2D eigenvalue weighted by atomic mass is 9.99. The van der Waals surface area contributed by atoms with Crippen LogP contribution in [0.25, 0.3) is 11.5 Å². The van der Waals surface area contributed by atoms with Gasteiger partial charge in [-0.1, -0.05) is 18.0 Å². The summed E-state index contributed by atoms with van der Waals surface area (Å²) in [6, 6.07) is 1.90. The summed E-state index contributed by atoms with van der Waals surface area (Å²) in [6.45, 7) is 3.76. The Hall–Kier alpha value is -1.82. The van der Waals surface area contributed by atoms with E-state index in [1.165, 1.54) is 0 Å². The third-order valence-electron chi connectivity index (χ3n) is 3.70. The minimum atomic E-state index is -0.425. The molecule has 1 fully saturated rings. The molecule has 2 aromatic rings. The highest BCUT2D eigenvalue weighted by atomic mass is 16.5. The molecule has 0 unspecified atom stereocenters. The molecule has 0 saturated heterocycles. The fourth-order valence-electron chi connectivity index (χ4n) is 2.53. The lowest BCUT2D eigenvalue weighted by Gasteiger charge is -2.17. The number of hydrogen-bond acceptors (Lipinski definition) is 6. The topological polar surface area (TPSA) is 90.7 Å². The zero-order valence-electron chi connectivity index (χ0n) is 11.2. The number of nitrogens with zero attached hydrogens (tertiary/aromatic N) is 4. The third kappa shape index (κ3) is 2.12. The van der Waals surface area contributed by atoms with Gasteiger partial charge >= 0.3 is 0 Å². The molecule has 1 saturated carbocycles. The molecule has 0 aliphatic heterocycles. The summed E-state index contributed by atoms with van der Waals surface area (Å²) in [5, 5.41) is 12.1. The van der Waals surface area contributed by atoms with Crippen molar-refractivity contribution in [3.63, 3.8) is 0 Å². The first-order valence-corrected chi connectivity index (χ1v) is 6.53. The monoisotopic (exact) mass is 259 g/mol. The summed E-state index contributed by atoms with van der Waals surface area (Å²) in [5.74, 6) is 1.08. The van der Waals surface area contributed by atoms with Gasteiger partial charge in [-0.25, -0.2) is 0 Å². The molecule has 2 aromatic heterocycles. The van der Waals surface area contributed by atoms with Gasteiger partial charge in [0.25, 0.3) is 5.89 Å². The Morgan fingerprint density at radius 2 is 1.95 bits per heavy atom. The van der Waals surface area contributed by atoms with Gasteiger partial charge in [0.15, 0.2) is 5.82 Å². The first-order valence-electron chi connectivity index (χ1n) is 6.53. The molecule has 1 aliphatic carbocycles. The molecule has 2 N–H and O–H groups in total. The van der Waals surface area contributed by atoms with E-state index in [4.69, 9.17) is 10.3 Å². The van der Waals surface area contributed by atoms with Crippen molar-refractivity contribution >= 4 is 0 Å². The van der Waals surface area contributed by atoms with E-state index in [0.717, 1.165) is 42.6 Å². The van der Waals surface area contributed by atoms with Crippen LogP contribution in [-0.2, 0) is 5.54 Å². The fraction of sp³-hybridized carbons (Fsp3) is 0.538. The second kappa shape index (κ2) is 4.38. The zero-order chi connectivity index (χ0) is 13.5. The Bertz CT molecular complexity index is 601. The van der Waals surface area contributed by atoms with Crippen molar-refractivity contribution in [3.8, 4) is 11.5 Å². The number of aryl methyl sites for hydroxylation is 2. The van der Waals surface area contributed by atoms with Gasteiger partial charge in [-0.3, -0.25) is 0 Å². The number of hydrogen-bond donors (Lipinski definition) is 1. The molecular weight excluding hydrogens is 242 g/mol. The van der Waals surface area contributed by atoms with Crippen LogP contribution in [0.5, 0.6) is 0 Å². The van der Waals surface area contributed by atoms with Crippen molar-refractivity contribution < 1.29 is 4.52 Å². The molecule has 0 atom stereocenters. The van der Waals surface area contributed by atoms with Gasteiger partial charge in [0, 0.05) is 0 Å². The highest BCUT2D eigenvalue weighted by Crippen LogP contribution is 2.35. The molecule has 3 rings (SSSR count). The molecule has 0 amide bonds. The summed E-state index contributed by atoms with van der Waals surface area (Å²) in [6.07, 6.45) is 4.07. The predicted molar refractivity (Wildman–Crippen MR) is 69.1 cm³/mol. The van der Waals surface area contributed by atoms with Crippen LogP contribution in [0.15, 0.2) is 10.6 Å². The average molecular weight is 259 g/mol. The largest absolute Gasteiger partial charge is 0.334 e. The van der Waals surface area contributed by atoms with Crippen LogP contribution in [0, 0.1) is 13.8 Å². The molecule has 1 aliphatic rings. The lowest BCUT2D eigenvalue weighted by molar-refractivity contribution is 0.372. The Kier molecular flexibility index (Phi) is 2.82. The standard InChI is InChI=1S/C13H17N5O/c1-8-7-10(9(2)17-16-8)11-15-12(18-19-11)13(14)5-3-4-6-13/h7H,3-6,14H2,1-2H3. The molecule has 0 bridgehead atoms. The maximum Gasteiger partial charge on any atom is 0.259 e. The second-order valence-electron chi connectivity index (χ2n) is 5.27. The van der Waals surface area contributed by atoms with Gasteiger partial charge in [-0.15, -0.1) is 0 Å². The summed E-state index contributed by atoms with van der Waals surface area (Å²) < 4.78 is 5.36. The first kappa shape index (κ1) is 12.2. The minimum Gasteiger partial charge on any atom is -0.334 e. The van der Waals surface area contributed by atoms with Gasteiger partial charge in [-0.2, -0.15) is 15.2 Å². The summed E-state index contributed by atoms with van der Waals surface area (Å²) >= 11 is 0. The van der Waals surface area contributed by atoms with Crippen LogP contribution in [-0.4, -0.2) is 20.3 Å². The van der Waals surface area contributed by atoms with Crippen molar-refractivity contribution in [2.75, 3.05) is 0 Å². The van der Waals surface area contributed by atoms with Crippen LogP contribution in [0.4, 0.5) is 0 Å². The molecule has 19 heavy (non-hydrogen) atoms. The van der Waals surface area contributed by atoms with E-state index in [1.807, 2.05) is 19.9 Å². The Morgan fingerprint density at radius 3 is 2.68 bits per heavy atom. The lowest BCUT2D eigenvalue weighted by Crippen LogP contribution is -2.34. The van der Waals surface area contributed by atoms with Crippen molar-refractivity contribution in [2.45, 2.75) is 45.1 Å².